The number of benzene rings is 1. The van der Waals surface area contributed by atoms with Gasteiger partial charge < -0.3 is 17.7 Å². The molecule has 0 aliphatic heterocycles. The van der Waals surface area contributed by atoms with Crippen molar-refractivity contribution >= 4 is 27.3 Å². The highest BCUT2D eigenvalue weighted by molar-refractivity contribution is 7.92. The van der Waals surface area contributed by atoms with Gasteiger partial charge in [0.1, 0.15) is 18.1 Å². The van der Waals surface area contributed by atoms with Crippen molar-refractivity contribution in [3.63, 3.8) is 0 Å². The summed E-state index contributed by atoms with van der Waals surface area (Å²) in [6, 6.07) is 6.17. The number of hydrogen-bond acceptors (Lipinski definition) is 4. The van der Waals surface area contributed by atoms with E-state index < -0.39 is 10.0 Å². The first kappa shape index (κ1) is 20.9. The summed E-state index contributed by atoms with van der Waals surface area (Å²) in [5.41, 5.74) is 0.244. The lowest BCUT2D eigenvalue weighted by molar-refractivity contribution is -0.671. The number of nitrogens with one attached hydrogen (secondary N) is 1. The summed E-state index contributed by atoms with van der Waals surface area (Å²) < 4.78 is 28.6. The van der Waals surface area contributed by atoms with E-state index in [1.807, 2.05) is 34.9 Å². The van der Waals surface area contributed by atoms with Crippen LogP contribution in [0.15, 0.2) is 43.0 Å². The number of hydrogen-bond donors (Lipinski definition) is 2. The van der Waals surface area contributed by atoms with Crippen molar-refractivity contribution in [3.8, 4) is 0 Å². The summed E-state index contributed by atoms with van der Waals surface area (Å²) in [5, 5.41) is 12.6. The van der Waals surface area contributed by atoms with Gasteiger partial charge in [-0.05, 0) is 12.1 Å². The topological polar surface area (TPSA) is 95.5 Å². The zero-order chi connectivity index (χ0) is 17.7. The predicted molar refractivity (Wildman–Crippen MR) is 89.0 cm³/mol. The molecule has 0 spiro atoms. The van der Waals surface area contributed by atoms with Crippen molar-refractivity contribution in [2.75, 3.05) is 15.5 Å². The Morgan fingerprint density at radius 3 is 2.64 bits per heavy atom. The number of nitrogens with zero attached hydrogens (tertiary/aromatic N) is 3. The SMILES string of the molecule is CC(=O)Nc1ccccc1N(O)S(=O)(=O)CCCn1cc[n+](C)c1.[Cl-]. The zero-order valence-corrected chi connectivity index (χ0v) is 15.5. The fourth-order valence-corrected chi connectivity index (χ4v) is 3.36. The van der Waals surface area contributed by atoms with Gasteiger partial charge in [0.15, 0.2) is 0 Å². The number of imidazole rings is 1. The third kappa shape index (κ3) is 5.73. The number of para-hydroxylation sites is 2. The van der Waals surface area contributed by atoms with Gasteiger partial charge in [0.05, 0.1) is 25.0 Å². The molecular formula is C15H21ClN4O4S. The Bertz CT molecular complexity index is 822. The van der Waals surface area contributed by atoms with Crippen LogP contribution in [0.5, 0.6) is 0 Å². The second-order valence-corrected chi connectivity index (χ2v) is 7.35. The van der Waals surface area contributed by atoms with E-state index in [1.54, 1.807) is 12.1 Å². The average molecular weight is 389 g/mol. The third-order valence-electron chi connectivity index (χ3n) is 3.33. The minimum atomic E-state index is -3.92. The molecule has 2 N–H and O–H groups in total. The molecule has 0 atom stereocenters. The molecule has 0 radical (unpaired) electrons. The summed E-state index contributed by atoms with van der Waals surface area (Å²) in [5.74, 6) is -0.575. The number of aryl methyl sites for hydroxylation is 2. The highest BCUT2D eigenvalue weighted by atomic mass is 35.5. The number of sulfonamides is 1. The molecule has 0 saturated heterocycles. The van der Waals surface area contributed by atoms with Crippen molar-refractivity contribution in [1.82, 2.24) is 4.57 Å². The summed E-state index contributed by atoms with van der Waals surface area (Å²) in [6.07, 6.45) is 5.89. The van der Waals surface area contributed by atoms with Gasteiger partial charge in [-0.25, -0.2) is 17.6 Å². The van der Waals surface area contributed by atoms with Crippen LogP contribution in [0.4, 0.5) is 11.4 Å². The molecule has 0 fully saturated rings. The van der Waals surface area contributed by atoms with E-state index in [0.717, 1.165) is 0 Å². The Hall–Kier alpha value is -2.10. The fraction of sp³-hybridized carbons (Fsp3) is 0.333. The van der Waals surface area contributed by atoms with E-state index in [1.165, 1.54) is 19.1 Å². The summed E-state index contributed by atoms with van der Waals surface area (Å²) in [6.45, 7) is 1.82. The molecule has 0 saturated carbocycles. The normalized spacial score (nSPS) is 10.8. The number of rotatable bonds is 7. The monoisotopic (exact) mass is 388 g/mol. The Labute approximate surface area is 153 Å². The van der Waals surface area contributed by atoms with Gasteiger partial charge in [-0.3, -0.25) is 10.0 Å². The van der Waals surface area contributed by atoms with Crippen molar-refractivity contribution in [1.29, 1.82) is 0 Å². The van der Waals surface area contributed by atoms with Gasteiger partial charge in [-0.15, -0.1) is 4.47 Å². The Morgan fingerprint density at radius 2 is 2.04 bits per heavy atom. The standard InChI is InChI=1S/C15H20N4O4S.ClH/c1-13(20)16-14-6-3-4-7-15(14)19(21)24(22,23)11-5-8-18-10-9-17(2)12-18;/h3-4,6-7,9-10,12,21H,5,8,11H2,1-2H3;1H. The number of carbonyl (C=O) groups is 1. The minimum absolute atomic E-state index is 0. The van der Waals surface area contributed by atoms with Crippen LogP contribution in [0.25, 0.3) is 0 Å². The van der Waals surface area contributed by atoms with Crippen LogP contribution in [0.3, 0.4) is 0 Å². The van der Waals surface area contributed by atoms with Crippen molar-refractivity contribution in [2.45, 2.75) is 19.9 Å². The van der Waals surface area contributed by atoms with E-state index in [-0.39, 0.29) is 39.9 Å². The van der Waals surface area contributed by atoms with Crippen LogP contribution >= 0.6 is 0 Å². The van der Waals surface area contributed by atoms with Crippen LogP contribution < -0.4 is 26.8 Å². The van der Waals surface area contributed by atoms with Gasteiger partial charge in [-0.1, -0.05) is 12.1 Å². The number of carbonyl (C=O) groups excluding carboxylic acids is 1. The summed E-state index contributed by atoms with van der Waals surface area (Å²) in [7, 11) is -2.04. The molecule has 0 unspecified atom stereocenters. The van der Waals surface area contributed by atoms with Crippen LogP contribution in [-0.4, -0.2) is 29.9 Å². The second kappa shape index (κ2) is 8.84. The first-order valence-electron chi connectivity index (χ1n) is 7.39. The molecule has 0 aliphatic rings. The van der Waals surface area contributed by atoms with Gasteiger partial charge in [0.25, 0.3) is 10.0 Å². The molecule has 0 aliphatic carbocycles. The molecule has 2 rings (SSSR count). The smallest absolute Gasteiger partial charge is 0.257 e. The lowest BCUT2D eigenvalue weighted by Crippen LogP contribution is -3.00. The van der Waals surface area contributed by atoms with Crippen LogP contribution in [0.2, 0.25) is 0 Å². The van der Waals surface area contributed by atoms with E-state index in [4.69, 9.17) is 0 Å². The predicted octanol–water partition coefficient (Wildman–Crippen LogP) is -2.11. The molecule has 1 heterocycles. The number of anilines is 2. The molecular weight excluding hydrogens is 368 g/mol. The van der Waals surface area contributed by atoms with Crippen LogP contribution in [0, 0.1) is 0 Å². The molecule has 0 bridgehead atoms. The van der Waals surface area contributed by atoms with Crippen molar-refractivity contribution < 1.29 is 35.4 Å². The molecule has 25 heavy (non-hydrogen) atoms. The highest BCUT2D eigenvalue weighted by Crippen LogP contribution is 2.26. The maximum Gasteiger partial charge on any atom is 0.257 e. The molecule has 1 amide bonds. The number of aromatic nitrogens is 2. The third-order valence-corrected chi connectivity index (χ3v) is 4.85. The van der Waals surface area contributed by atoms with Crippen LogP contribution in [-0.2, 0) is 28.4 Å². The largest absolute Gasteiger partial charge is 1.00 e. The van der Waals surface area contributed by atoms with E-state index in [0.29, 0.717) is 13.0 Å². The van der Waals surface area contributed by atoms with Crippen molar-refractivity contribution in [3.05, 3.63) is 43.0 Å². The average Bonchev–Trinajstić information content (AvgIpc) is 2.92. The van der Waals surface area contributed by atoms with Gasteiger partial charge in [0, 0.05) is 13.3 Å². The van der Waals surface area contributed by atoms with E-state index in [2.05, 4.69) is 5.32 Å². The van der Waals surface area contributed by atoms with Gasteiger partial charge in [0.2, 0.25) is 12.2 Å². The first-order chi connectivity index (χ1) is 11.3. The Morgan fingerprint density at radius 1 is 1.36 bits per heavy atom. The molecule has 2 aromatic rings. The van der Waals surface area contributed by atoms with E-state index in [9.17, 15) is 18.4 Å². The van der Waals surface area contributed by atoms with Gasteiger partial charge in [-0.2, -0.15) is 0 Å². The zero-order valence-electron chi connectivity index (χ0n) is 14.0. The quantitative estimate of drug-likeness (QED) is 0.419. The fourth-order valence-electron chi connectivity index (χ4n) is 2.24. The maximum atomic E-state index is 12.3. The number of halogens is 1. The molecule has 10 heteroatoms. The number of amides is 1. The van der Waals surface area contributed by atoms with E-state index >= 15 is 0 Å². The lowest BCUT2D eigenvalue weighted by atomic mass is 10.2. The lowest BCUT2D eigenvalue weighted by Gasteiger charge is -2.19. The van der Waals surface area contributed by atoms with Crippen LogP contribution in [0.1, 0.15) is 13.3 Å². The minimum Gasteiger partial charge on any atom is -1.00 e. The Balaban J connectivity index is 0.00000312. The van der Waals surface area contributed by atoms with Gasteiger partial charge >= 0.3 is 0 Å². The molecule has 138 valence electrons. The first-order valence-corrected chi connectivity index (χ1v) is 9.00. The second-order valence-electron chi connectivity index (χ2n) is 5.43. The Kier molecular flexibility index (Phi) is 7.40. The van der Waals surface area contributed by atoms with Crippen molar-refractivity contribution in [2.24, 2.45) is 7.05 Å². The molecule has 1 aromatic carbocycles. The molecule has 1 aromatic heterocycles. The highest BCUT2D eigenvalue weighted by Gasteiger charge is 2.23. The molecule has 8 nitrogen and oxygen atoms in total. The maximum absolute atomic E-state index is 12.3. The summed E-state index contributed by atoms with van der Waals surface area (Å²) in [4.78, 5) is 11.2. The summed E-state index contributed by atoms with van der Waals surface area (Å²) >= 11 is 0.